The molecule has 0 atom stereocenters. The normalized spacial score (nSPS) is 14.7. The molecule has 0 spiro atoms. The molecule has 0 N–H and O–H groups in total. The Morgan fingerprint density at radius 1 is 0.931 bits per heavy atom. The van der Waals surface area contributed by atoms with E-state index in [1.807, 2.05) is 24.3 Å². The summed E-state index contributed by atoms with van der Waals surface area (Å²) in [7, 11) is 3.40. The second-order valence-electron chi connectivity index (χ2n) is 7.96. The molecule has 1 heterocycles. The summed E-state index contributed by atoms with van der Waals surface area (Å²) in [5.74, 6) is 3.63. The third-order valence-corrected chi connectivity index (χ3v) is 5.93. The van der Waals surface area contributed by atoms with Crippen molar-refractivity contribution in [3.8, 4) is 22.8 Å². The Kier molecular flexibility index (Phi) is 6.18. The van der Waals surface area contributed by atoms with Crippen molar-refractivity contribution in [2.75, 3.05) is 14.2 Å². The highest BCUT2D eigenvalue weighted by molar-refractivity contribution is 5.61. The molecule has 0 unspecified atom stereocenters. The van der Waals surface area contributed by atoms with E-state index >= 15 is 0 Å². The van der Waals surface area contributed by atoms with Gasteiger partial charge in [-0.25, -0.2) is 4.98 Å². The molecule has 0 aliphatic heterocycles. The first-order valence-electron chi connectivity index (χ1n) is 10.6. The topological polar surface area (TPSA) is 36.3 Å². The lowest BCUT2D eigenvalue weighted by Crippen LogP contribution is -2.15. The number of imidazole rings is 1. The molecule has 2 aromatic carbocycles. The van der Waals surface area contributed by atoms with E-state index in [2.05, 4.69) is 35.0 Å². The highest BCUT2D eigenvalue weighted by Gasteiger charge is 2.18. The summed E-state index contributed by atoms with van der Waals surface area (Å²) in [6, 6.07) is 16.5. The molecule has 1 aliphatic rings. The van der Waals surface area contributed by atoms with Crippen LogP contribution in [-0.2, 0) is 13.0 Å². The highest BCUT2D eigenvalue weighted by Crippen LogP contribution is 2.28. The van der Waals surface area contributed by atoms with Crippen LogP contribution in [0.5, 0.6) is 11.5 Å². The minimum Gasteiger partial charge on any atom is -0.497 e. The second-order valence-corrected chi connectivity index (χ2v) is 7.96. The molecule has 4 nitrogen and oxygen atoms in total. The molecule has 4 heteroatoms. The Balaban J connectivity index is 1.63. The number of ether oxygens (including phenoxy) is 2. The van der Waals surface area contributed by atoms with Gasteiger partial charge in [-0.05, 0) is 48.6 Å². The Morgan fingerprint density at radius 3 is 2.41 bits per heavy atom. The van der Waals surface area contributed by atoms with Gasteiger partial charge in [0.05, 0.1) is 19.9 Å². The number of rotatable bonds is 7. The van der Waals surface area contributed by atoms with Crippen LogP contribution in [0.25, 0.3) is 11.3 Å². The van der Waals surface area contributed by atoms with Crippen molar-refractivity contribution in [1.82, 2.24) is 9.55 Å². The van der Waals surface area contributed by atoms with Crippen molar-refractivity contribution in [3.05, 3.63) is 66.1 Å². The van der Waals surface area contributed by atoms with Crippen molar-refractivity contribution in [1.29, 1.82) is 0 Å². The molecule has 4 rings (SSSR count). The van der Waals surface area contributed by atoms with Crippen LogP contribution in [-0.4, -0.2) is 23.8 Å². The van der Waals surface area contributed by atoms with E-state index in [4.69, 9.17) is 14.5 Å². The van der Waals surface area contributed by atoms with Crippen LogP contribution in [0.4, 0.5) is 0 Å². The number of benzene rings is 2. The minimum absolute atomic E-state index is 0.755. The van der Waals surface area contributed by atoms with Crippen LogP contribution in [0.3, 0.4) is 0 Å². The average molecular weight is 391 g/mol. The third-order valence-electron chi connectivity index (χ3n) is 5.93. The molecule has 29 heavy (non-hydrogen) atoms. The van der Waals surface area contributed by atoms with Gasteiger partial charge in [-0.3, -0.25) is 0 Å². The first-order chi connectivity index (χ1) is 14.2. The lowest BCUT2D eigenvalue weighted by molar-refractivity contribution is 0.316. The number of methoxy groups -OCH3 is 2. The molecule has 0 bridgehead atoms. The van der Waals surface area contributed by atoms with Gasteiger partial charge in [0.1, 0.15) is 17.3 Å². The van der Waals surface area contributed by atoms with Crippen molar-refractivity contribution < 1.29 is 9.47 Å². The van der Waals surface area contributed by atoms with Crippen LogP contribution in [0, 0.1) is 5.92 Å². The first kappa shape index (κ1) is 19.6. The van der Waals surface area contributed by atoms with Gasteiger partial charge in [-0.2, -0.15) is 0 Å². The van der Waals surface area contributed by atoms with Gasteiger partial charge in [0.25, 0.3) is 0 Å². The molecule has 152 valence electrons. The van der Waals surface area contributed by atoms with E-state index in [0.29, 0.717) is 0 Å². The maximum absolute atomic E-state index is 5.41. The van der Waals surface area contributed by atoms with E-state index in [0.717, 1.165) is 47.5 Å². The van der Waals surface area contributed by atoms with Gasteiger partial charge in [0, 0.05) is 24.7 Å². The maximum atomic E-state index is 5.41. The van der Waals surface area contributed by atoms with E-state index in [1.165, 1.54) is 37.7 Å². The van der Waals surface area contributed by atoms with Crippen molar-refractivity contribution >= 4 is 0 Å². The fourth-order valence-corrected chi connectivity index (χ4v) is 4.25. The van der Waals surface area contributed by atoms with E-state index in [9.17, 15) is 0 Å². The maximum Gasteiger partial charge on any atom is 0.119 e. The summed E-state index contributed by atoms with van der Waals surface area (Å²) in [5, 5.41) is 0. The van der Waals surface area contributed by atoms with E-state index in [-0.39, 0.29) is 0 Å². The molecular weight excluding hydrogens is 360 g/mol. The average Bonchev–Trinajstić information content (AvgIpc) is 3.17. The predicted octanol–water partition coefficient (Wildman–Crippen LogP) is 5.74. The van der Waals surface area contributed by atoms with Gasteiger partial charge in [-0.1, -0.05) is 43.5 Å². The summed E-state index contributed by atoms with van der Waals surface area (Å²) < 4.78 is 13.1. The Labute approximate surface area is 173 Å². The fourth-order valence-electron chi connectivity index (χ4n) is 4.25. The molecule has 1 aromatic heterocycles. The van der Waals surface area contributed by atoms with Crippen LogP contribution < -0.4 is 9.47 Å². The Morgan fingerprint density at radius 2 is 1.69 bits per heavy atom. The monoisotopic (exact) mass is 390 g/mol. The zero-order valence-electron chi connectivity index (χ0n) is 17.4. The largest absolute Gasteiger partial charge is 0.497 e. The molecule has 0 radical (unpaired) electrons. The molecule has 0 saturated heterocycles. The quantitative estimate of drug-likeness (QED) is 0.516. The standard InChI is InChI=1S/C25H30N2O2/c1-28-22-13-11-19(12-14-22)15-25-26-24(21-9-6-10-23(16-21)29-2)18-27(25)17-20-7-4-3-5-8-20/h6,9-14,16,18,20H,3-5,7-8,15,17H2,1-2H3. The summed E-state index contributed by atoms with van der Waals surface area (Å²) >= 11 is 0. The summed E-state index contributed by atoms with van der Waals surface area (Å²) in [4.78, 5) is 5.04. The number of hydrogen-bond acceptors (Lipinski definition) is 3. The molecular formula is C25H30N2O2. The lowest BCUT2D eigenvalue weighted by Gasteiger charge is -2.22. The molecule has 1 aliphatic carbocycles. The first-order valence-corrected chi connectivity index (χ1v) is 10.6. The lowest BCUT2D eigenvalue weighted by atomic mass is 9.89. The third kappa shape index (κ3) is 4.81. The number of nitrogens with zero attached hydrogens (tertiary/aromatic N) is 2. The smallest absolute Gasteiger partial charge is 0.119 e. The highest BCUT2D eigenvalue weighted by atomic mass is 16.5. The number of aromatic nitrogens is 2. The zero-order valence-corrected chi connectivity index (χ0v) is 17.4. The van der Waals surface area contributed by atoms with Gasteiger partial charge in [0.2, 0.25) is 0 Å². The van der Waals surface area contributed by atoms with E-state index < -0.39 is 0 Å². The van der Waals surface area contributed by atoms with Crippen LogP contribution >= 0.6 is 0 Å². The van der Waals surface area contributed by atoms with E-state index in [1.54, 1.807) is 14.2 Å². The molecule has 0 amide bonds. The van der Waals surface area contributed by atoms with Crippen molar-refractivity contribution in [2.45, 2.75) is 45.1 Å². The van der Waals surface area contributed by atoms with Gasteiger partial charge in [-0.15, -0.1) is 0 Å². The SMILES string of the molecule is COc1ccc(Cc2nc(-c3cccc(OC)c3)cn2CC2CCCCC2)cc1. The fraction of sp³-hybridized carbons (Fsp3) is 0.400. The molecule has 1 saturated carbocycles. The van der Waals surface area contributed by atoms with Crippen LogP contribution in [0.2, 0.25) is 0 Å². The minimum atomic E-state index is 0.755. The molecule has 3 aromatic rings. The Hall–Kier alpha value is -2.75. The van der Waals surface area contributed by atoms with Crippen molar-refractivity contribution in [2.24, 2.45) is 5.92 Å². The van der Waals surface area contributed by atoms with Gasteiger partial charge < -0.3 is 14.0 Å². The van der Waals surface area contributed by atoms with Crippen LogP contribution in [0.1, 0.15) is 43.5 Å². The van der Waals surface area contributed by atoms with Gasteiger partial charge in [0.15, 0.2) is 0 Å². The Bertz CT molecular complexity index is 924. The van der Waals surface area contributed by atoms with Crippen LogP contribution in [0.15, 0.2) is 54.7 Å². The number of hydrogen-bond donors (Lipinski definition) is 0. The second kappa shape index (κ2) is 9.17. The predicted molar refractivity (Wildman–Crippen MR) is 117 cm³/mol. The zero-order chi connectivity index (χ0) is 20.1. The molecule has 1 fully saturated rings. The summed E-state index contributed by atoms with van der Waals surface area (Å²) in [5.41, 5.74) is 3.37. The summed E-state index contributed by atoms with van der Waals surface area (Å²) in [6.45, 7) is 1.06. The van der Waals surface area contributed by atoms with Crippen molar-refractivity contribution in [3.63, 3.8) is 0 Å². The summed E-state index contributed by atoms with van der Waals surface area (Å²) in [6.07, 6.45) is 9.80. The van der Waals surface area contributed by atoms with Gasteiger partial charge >= 0.3 is 0 Å².